The van der Waals surface area contributed by atoms with Crippen LogP contribution in [-0.2, 0) is 18.0 Å². The van der Waals surface area contributed by atoms with Gasteiger partial charge in [0.15, 0.2) is 0 Å². The van der Waals surface area contributed by atoms with Crippen molar-refractivity contribution in [2.24, 2.45) is 0 Å². The van der Waals surface area contributed by atoms with Crippen molar-refractivity contribution in [3.63, 3.8) is 0 Å². The highest BCUT2D eigenvalue weighted by atomic mass is 35.5. The molecule has 0 saturated heterocycles. The number of allylic oxidation sites excluding steroid dienone is 1. The molecule has 0 saturated carbocycles. The summed E-state index contributed by atoms with van der Waals surface area (Å²) in [5.74, 6) is -1.10. The number of fused-ring (bicyclic) bond motifs is 1. The Morgan fingerprint density at radius 1 is 1.13 bits per heavy atom. The molecule has 0 fully saturated rings. The number of rotatable bonds is 4. The predicted octanol–water partition coefficient (Wildman–Crippen LogP) is 2.79. The number of halogens is 1. The highest BCUT2D eigenvalue weighted by molar-refractivity contribution is 6.36. The van der Waals surface area contributed by atoms with Gasteiger partial charge in [0.1, 0.15) is 0 Å². The Morgan fingerprint density at radius 3 is 1.83 bits per heavy atom. The van der Waals surface area contributed by atoms with Crippen molar-refractivity contribution in [2.75, 3.05) is 20.8 Å². The van der Waals surface area contributed by atoms with E-state index in [1.807, 2.05) is 13.8 Å². The van der Waals surface area contributed by atoms with E-state index in [0.29, 0.717) is 17.7 Å². The predicted molar refractivity (Wildman–Crippen MR) is 89.6 cm³/mol. The Hall–Kier alpha value is -1.51. The highest BCUT2D eigenvalue weighted by Gasteiger charge is 2.28. The van der Waals surface area contributed by atoms with Crippen molar-refractivity contribution in [3.05, 3.63) is 47.0 Å². The molecule has 128 valence electrons. The van der Waals surface area contributed by atoms with E-state index in [1.54, 1.807) is 44.6 Å². The maximum absolute atomic E-state index is 10.8. The third kappa shape index (κ3) is 8.05. The Kier molecular flexibility index (Phi) is 12.1. The maximum atomic E-state index is 10.8. The van der Waals surface area contributed by atoms with Crippen LogP contribution in [-0.4, -0.2) is 42.3 Å². The Morgan fingerprint density at radius 2 is 1.57 bits per heavy atom. The fraction of sp³-hybridized carbons (Fsp3) is 0.333. The number of cyclic esters (lactones) is 2. The van der Waals surface area contributed by atoms with Gasteiger partial charge in [0.2, 0.25) is 0 Å². The first kappa shape index (κ1) is 21.5. The zero-order valence-electron chi connectivity index (χ0n) is 13.6. The molecule has 23 heavy (non-hydrogen) atoms. The Bertz CT molecular complexity index is 479. The van der Waals surface area contributed by atoms with Gasteiger partial charge in [0.25, 0.3) is 0 Å². The van der Waals surface area contributed by atoms with Crippen LogP contribution in [0.1, 0.15) is 34.6 Å². The summed E-state index contributed by atoms with van der Waals surface area (Å²) in [6, 6.07) is 6.53. The molecular weight excluding hydrogens is 340 g/mol. The zero-order valence-corrected chi connectivity index (χ0v) is 15.5. The van der Waals surface area contributed by atoms with Crippen LogP contribution in [0.25, 0.3) is 0 Å². The lowest BCUT2D eigenvalue weighted by atomic mass is 10.1. The van der Waals surface area contributed by atoms with E-state index >= 15 is 0 Å². The van der Waals surface area contributed by atoms with E-state index in [4.69, 9.17) is 24.9 Å². The molecular formula is C15H21ClO6Si. The summed E-state index contributed by atoms with van der Waals surface area (Å²) in [5, 5.41) is 0. The molecule has 0 amide bonds. The van der Waals surface area contributed by atoms with Crippen LogP contribution in [0.4, 0.5) is 0 Å². The van der Waals surface area contributed by atoms with Gasteiger partial charge in [0.05, 0.1) is 11.1 Å². The zero-order chi connectivity index (χ0) is 17.7. The standard InChI is InChI=1S/C8H4O3.C4H12O3Si.C3H5Cl/c9-7-5-3-1-2-4-6(5)8(10)11-7;1-4-7-8(5-2)6-3;1-2-3-4/h1-4H;8H,4H2,1-3H3;2-3H,1H3. The van der Waals surface area contributed by atoms with Crippen molar-refractivity contribution in [1.29, 1.82) is 0 Å². The molecule has 1 aromatic rings. The lowest BCUT2D eigenvalue weighted by Crippen LogP contribution is -2.23. The second-order valence-electron chi connectivity index (χ2n) is 3.90. The van der Waals surface area contributed by atoms with Crippen LogP contribution >= 0.6 is 11.6 Å². The molecule has 0 N–H and O–H groups in total. The second-order valence-corrected chi connectivity index (χ2v) is 6.00. The van der Waals surface area contributed by atoms with Crippen molar-refractivity contribution in [1.82, 2.24) is 0 Å². The van der Waals surface area contributed by atoms with Gasteiger partial charge in [-0.15, -0.1) is 0 Å². The van der Waals surface area contributed by atoms with Gasteiger partial charge in [-0.1, -0.05) is 29.8 Å². The minimum atomic E-state index is -1.69. The van der Waals surface area contributed by atoms with E-state index < -0.39 is 21.5 Å². The molecule has 1 aromatic carbocycles. The number of hydrogen-bond donors (Lipinski definition) is 0. The lowest BCUT2D eigenvalue weighted by Gasteiger charge is -2.08. The molecule has 1 aliphatic heterocycles. The maximum Gasteiger partial charge on any atom is 0.483 e. The fourth-order valence-corrected chi connectivity index (χ4v) is 2.14. The normalized spacial score (nSPS) is 12.3. The molecule has 0 aliphatic carbocycles. The molecule has 1 aliphatic rings. The minimum Gasteiger partial charge on any atom is -0.386 e. The molecule has 8 heteroatoms. The quantitative estimate of drug-likeness (QED) is 0.467. The monoisotopic (exact) mass is 360 g/mol. The van der Waals surface area contributed by atoms with Crippen molar-refractivity contribution >= 4 is 33.1 Å². The smallest absolute Gasteiger partial charge is 0.386 e. The molecule has 0 spiro atoms. The van der Waals surface area contributed by atoms with Crippen LogP contribution in [0.5, 0.6) is 0 Å². The topological polar surface area (TPSA) is 71.1 Å². The molecule has 0 atom stereocenters. The molecule has 0 bridgehead atoms. The third-order valence-corrected chi connectivity index (χ3v) is 3.99. The number of esters is 2. The largest absolute Gasteiger partial charge is 0.483 e. The first-order valence-electron chi connectivity index (χ1n) is 6.79. The summed E-state index contributed by atoms with van der Waals surface area (Å²) in [5.41, 5.74) is 2.19. The minimum absolute atomic E-state index is 0.359. The molecule has 6 nitrogen and oxygen atoms in total. The summed E-state index contributed by atoms with van der Waals surface area (Å²) >= 11 is 5.01. The van der Waals surface area contributed by atoms with E-state index in [0.717, 1.165) is 0 Å². The summed E-state index contributed by atoms with van der Waals surface area (Å²) in [7, 11) is 1.49. The third-order valence-electron chi connectivity index (χ3n) is 2.37. The number of carbonyl (C=O) groups excluding carboxylic acids is 2. The molecule has 0 unspecified atom stereocenters. The van der Waals surface area contributed by atoms with E-state index in [9.17, 15) is 9.59 Å². The molecule has 0 aromatic heterocycles. The van der Waals surface area contributed by atoms with E-state index in [1.165, 1.54) is 5.54 Å². The van der Waals surface area contributed by atoms with Crippen LogP contribution in [0, 0.1) is 0 Å². The first-order valence-corrected chi connectivity index (χ1v) is 8.64. The summed E-state index contributed by atoms with van der Waals surface area (Å²) in [6.45, 7) is 4.45. The molecule has 1 heterocycles. The van der Waals surface area contributed by atoms with E-state index in [-0.39, 0.29) is 0 Å². The van der Waals surface area contributed by atoms with Crippen molar-refractivity contribution in [3.8, 4) is 0 Å². The van der Waals surface area contributed by atoms with Gasteiger partial charge in [-0.3, -0.25) is 0 Å². The van der Waals surface area contributed by atoms with Crippen LogP contribution < -0.4 is 0 Å². The van der Waals surface area contributed by atoms with Crippen LogP contribution in [0.2, 0.25) is 0 Å². The number of benzene rings is 1. The van der Waals surface area contributed by atoms with Gasteiger partial charge in [-0.25, -0.2) is 9.59 Å². The summed E-state index contributed by atoms with van der Waals surface area (Å²) < 4.78 is 19.1. The van der Waals surface area contributed by atoms with E-state index in [2.05, 4.69) is 4.74 Å². The highest BCUT2D eigenvalue weighted by Crippen LogP contribution is 2.18. The number of carbonyl (C=O) groups is 2. The van der Waals surface area contributed by atoms with Gasteiger partial charge in [-0.05, 0) is 31.5 Å². The van der Waals surface area contributed by atoms with Gasteiger partial charge in [0, 0.05) is 20.8 Å². The average Bonchev–Trinajstić information content (AvgIpc) is 2.88. The number of ether oxygens (including phenoxy) is 1. The van der Waals surface area contributed by atoms with Gasteiger partial charge < -0.3 is 18.0 Å². The second kappa shape index (κ2) is 13.0. The Labute approximate surface area is 142 Å². The van der Waals surface area contributed by atoms with Crippen LogP contribution in [0.15, 0.2) is 35.9 Å². The summed E-state index contributed by atoms with van der Waals surface area (Å²) in [4.78, 5) is 21.7. The summed E-state index contributed by atoms with van der Waals surface area (Å²) in [6.07, 6.45) is 1.77. The van der Waals surface area contributed by atoms with Crippen LogP contribution in [0.3, 0.4) is 0 Å². The number of hydrogen-bond acceptors (Lipinski definition) is 6. The SMILES string of the molecule is CC=CCl.CCO[SiH](OC)OC.O=C1OC(=O)c2ccccc21. The molecule has 2 rings (SSSR count). The van der Waals surface area contributed by atoms with Crippen molar-refractivity contribution in [2.45, 2.75) is 13.8 Å². The Balaban J connectivity index is 0.000000357. The average molecular weight is 361 g/mol. The van der Waals surface area contributed by atoms with Gasteiger partial charge >= 0.3 is 21.5 Å². The first-order chi connectivity index (χ1) is 11.0. The fourth-order valence-electron chi connectivity index (χ4n) is 1.40. The lowest BCUT2D eigenvalue weighted by molar-refractivity contribution is 0.0443. The molecule has 0 radical (unpaired) electrons. The van der Waals surface area contributed by atoms with Gasteiger partial charge in [-0.2, -0.15) is 0 Å². The van der Waals surface area contributed by atoms with Crippen molar-refractivity contribution < 1.29 is 27.6 Å².